The standard InChI is InChI=1S/C17H17ClFNO3/c18-14-4-1-5-15(19)16(14)17(21)20(11-13-3-2-8-23-13)12-6-9-22-10-7-12/h1-5,8,12H,6-7,9-11H2. The average molecular weight is 338 g/mol. The lowest BCUT2D eigenvalue weighted by Crippen LogP contribution is -2.43. The fraction of sp³-hybridized carbons (Fsp3) is 0.353. The van der Waals surface area contributed by atoms with Gasteiger partial charge in [0.05, 0.1) is 23.4 Å². The molecule has 0 bridgehead atoms. The van der Waals surface area contributed by atoms with Crippen LogP contribution in [0.15, 0.2) is 41.0 Å². The van der Waals surface area contributed by atoms with Gasteiger partial charge in [-0.3, -0.25) is 4.79 Å². The molecule has 1 fully saturated rings. The molecule has 3 rings (SSSR count). The van der Waals surface area contributed by atoms with E-state index >= 15 is 0 Å². The van der Waals surface area contributed by atoms with E-state index in [4.69, 9.17) is 20.8 Å². The molecule has 1 amide bonds. The lowest BCUT2D eigenvalue weighted by Gasteiger charge is -2.34. The average Bonchev–Trinajstić information content (AvgIpc) is 3.06. The Hall–Kier alpha value is -1.85. The van der Waals surface area contributed by atoms with Crippen LogP contribution in [0.2, 0.25) is 5.02 Å². The summed E-state index contributed by atoms with van der Waals surface area (Å²) < 4.78 is 24.8. The summed E-state index contributed by atoms with van der Waals surface area (Å²) in [5, 5.41) is 0.117. The number of ether oxygens (including phenoxy) is 1. The number of carbonyl (C=O) groups excluding carboxylic acids is 1. The van der Waals surface area contributed by atoms with E-state index in [-0.39, 0.29) is 23.2 Å². The Kier molecular flexibility index (Phi) is 4.98. The number of rotatable bonds is 4. The predicted octanol–water partition coefficient (Wildman–Crippen LogP) is 3.89. The van der Waals surface area contributed by atoms with Gasteiger partial charge in [-0.15, -0.1) is 0 Å². The first-order valence-electron chi connectivity index (χ1n) is 7.52. The molecule has 0 unspecified atom stereocenters. The van der Waals surface area contributed by atoms with Gasteiger partial charge in [-0.2, -0.15) is 0 Å². The molecule has 1 aliphatic heterocycles. The van der Waals surface area contributed by atoms with Crippen LogP contribution in [0.1, 0.15) is 29.0 Å². The highest BCUT2D eigenvalue weighted by molar-refractivity contribution is 6.33. The molecule has 0 atom stereocenters. The maximum Gasteiger partial charge on any atom is 0.259 e. The van der Waals surface area contributed by atoms with E-state index in [1.165, 1.54) is 18.2 Å². The van der Waals surface area contributed by atoms with Crippen molar-refractivity contribution in [2.45, 2.75) is 25.4 Å². The summed E-state index contributed by atoms with van der Waals surface area (Å²) >= 11 is 6.05. The van der Waals surface area contributed by atoms with Crippen LogP contribution in [0.3, 0.4) is 0 Å². The zero-order valence-electron chi connectivity index (χ0n) is 12.5. The number of nitrogens with zero attached hydrogens (tertiary/aromatic N) is 1. The van der Waals surface area contributed by atoms with Crippen LogP contribution in [-0.2, 0) is 11.3 Å². The SMILES string of the molecule is O=C(c1c(F)cccc1Cl)N(Cc1ccco1)C1CCOCC1. The van der Waals surface area contributed by atoms with Gasteiger partial charge in [0, 0.05) is 19.3 Å². The fourth-order valence-electron chi connectivity index (χ4n) is 2.78. The fourth-order valence-corrected chi connectivity index (χ4v) is 3.02. The van der Waals surface area contributed by atoms with Crippen molar-refractivity contribution in [3.8, 4) is 0 Å². The van der Waals surface area contributed by atoms with Crippen molar-refractivity contribution in [3.63, 3.8) is 0 Å². The normalized spacial score (nSPS) is 15.6. The van der Waals surface area contributed by atoms with E-state index in [0.29, 0.717) is 31.8 Å². The van der Waals surface area contributed by atoms with Gasteiger partial charge in [0.15, 0.2) is 0 Å². The molecule has 122 valence electrons. The number of hydrogen-bond acceptors (Lipinski definition) is 3. The first kappa shape index (κ1) is 16.0. The van der Waals surface area contributed by atoms with Gasteiger partial charge in [-0.1, -0.05) is 17.7 Å². The third-order valence-electron chi connectivity index (χ3n) is 3.98. The minimum Gasteiger partial charge on any atom is -0.467 e. The molecule has 23 heavy (non-hydrogen) atoms. The Balaban J connectivity index is 1.91. The summed E-state index contributed by atoms with van der Waals surface area (Å²) in [6.07, 6.45) is 2.97. The highest BCUT2D eigenvalue weighted by Crippen LogP contribution is 2.25. The molecular weight excluding hydrogens is 321 g/mol. The van der Waals surface area contributed by atoms with Crippen LogP contribution >= 0.6 is 11.6 Å². The summed E-state index contributed by atoms with van der Waals surface area (Å²) in [4.78, 5) is 14.6. The second-order valence-electron chi connectivity index (χ2n) is 5.45. The smallest absolute Gasteiger partial charge is 0.259 e. The van der Waals surface area contributed by atoms with E-state index in [1.807, 2.05) is 0 Å². The second kappa shape index (κ2) is 7.15. The van der Waals surface area contributed by atoms with Gasteiger partial charge in [0.1, 0.15) is 11.6 Å². The molecule has 0 saturated carbocycles. The largest absolute Gasteiger partial charge is 0.467 e. The van der Waals surface area contributed by atoms with Crippen molar-refractivity contribution < 1.29 is 18.3 Å². The minimum absolute atomic E-state index is 0.0305. The molecule has 0 radical (unpaired) electrons. The maximum atomic E-state index is 14.1. The van der Waals surface area contributed by atoms with Crippen LogP contribution in [-0.4, -0.2) is 30.1 Å². The zero-order chi connectivity index (χ0) is 16.2. The first-order valence-corrected chi connectivity index (χ1v) is 7.89. The van der Waals surface area contributed by atoms with E-state index in [2.05, 4.69) is 0 Å². The number of furan rings is 1. The Morgan fingerprint density at radius 2 is 2.04 bits per heavy atom. The molecule has 4 nitrogen and oxygen atoms in total. The Labute approximate surface area is 138 Å². The number of amides is 1. The molecular formula is C17H17ClFNO3. The number of halogens is 2. The number of benzene rings is 1. The Morgan fingerprint density at radius 1 is 1.26 bits per heavy atom. The molecule has 2 aromatic rings. The molecule has 2 heterocycles. The Morgan fingerprint density at radius 3 is 2.70 bits per heavy atom. The van der Waals surface area contributed by atoms with Gasteiger partial charge >= 0.3 is 0 Å². The topological polar surface area (TPSA) is 42.7 Å². The third kappa shape index (κ3) is 3.57. The molecule has 6 heteroatoms. The number of carbonyl (C=O) groups is 1. The van der Waals surface area contributed by atoms with Crippen molar-refractivity contribution >= 4 is 17.5 Å². The molecule has 1 aromatic heterocycles. The van der Waals surface area contributed by atoms with Crippen LogP contribution in [0.25, 0.3) is 0 Å². The van der Waals surface area contributed by atoms with Crippen molar-refractivity contribution in [3.05, 3.63) is 58.8 Å². The summed E-state index contributed by atoms with van der Waals surface area (Å²) in [6.45, 7) is 1.44. The minimum atomic E-state index is -0.612. The van der Waals surface area contributed by atoms with Gasteiger partial charge in [0.25, 0.3) is 5.91 Å². The van der Waals surface area contributed by atoms with Crippen LogP contribution < -0.4 is 0 Å². The van der Waals surface area contributed by atoms with Gasteiger partial charge < -0.3 is 14.1 Å². The second-order valence-corrected chi connectivity index (χ2v) is 5.86. The summed E-state index contributed by atoms with van der Waals surface area (Å²) in [7, 11) is 0. The van der Waals surface area contributed by atoms with Crippen molar-refractivity contribution in [1.29, 1.82) is 0 Å². The van der Waals surface area contributed by atoms with Gasteiger partial charge in [-0.25, -0.2) is 4.39 Å². The van der Waals surface area contributed by atoms with Crippen molar-refractivity contribution in [2.75, 3.05) is 13.2 Å². The lowest BCUT2D eigenvalue weighted by atomic mass is 10.0. The molecule has 1 saturated heterocycles. The van der Waals surface area contributed by atoms with Gasteiger partial charge in [0.2, 0.25) is 0 Å². The van der Waals surface area contributed by atoms with Crippen LogP contribution in [0.5, 0.6) is 0 Å². The highest BCUT2D eigenvalue weighted by atomic mass is 35.5. The molecule has 0 aliphatic carbocycles. The van der Waals surface area contributed by atoms with Crippen LogP contribution in [0.4, 0.5) is 4.39 Å². The third-order valence-corrected chi connectivity index (χ3v) is 4.29. The van der Waals surface area contributed by atoms with Gasteiger partial charge in [-0.05, 0) is 37.1 Å². The van der Waals surface area contributed by atoms with Crippen molar-refractivity contribution in [1.82, 2.24) is 4.90 Å². The van der Waals surface area contributed by atoms with E-state index in [0.717, 1.165) is 0 Å². The molecule has 0 N–H and O–H groups in total. The van der Waals surface area contributed by atoms with E-state index in [9.17, 15) is 9.18 Å². The highest BCUT2D eigenvalue weighted by Gasteiger charge is 2.30. The van der Waals surface area contributed by atoms with E-state index in [1.54, 1.807) is 23.3 Å². The van der Waals surface area contributed by atoms with Crippen LogP contribution in [0, 0.1) is 5.82 Å². The summed E-state index contributed by atoms with van der Waals surface area (Å²) in [5.41, 5.74) is -0.0905. The zero-order valence-corrected chi connectivity index (χ0v) is 13.3. The lowest BCUT2D eigenvalue weighted by molar-refractivity contribution is 0.0247. The van der Waals surface area contributed by atoms with Crippen molar-refractivity contribution in [2.24, 2.45) is 0 Å². The predicted molar refractivity (Wildman–Crippen MR) is 83.8 cm³/mol. The number of hydrogen-bond donors (Lipinski definition) is 0. The molecule has 0 spiro atoms. The molecule has 1 aromatic carbocycles. The van der Waals surface area contributed by atoms with E-state index < -0.39 is 11.7 Å². The Bertz CT molecular complexity index is 648. The summed E-state index contributed by atoms with van der Waals surface area (Å²) in [6, 6.07) is 7.78. The maximum absolute atomic E-state index is 14.1. The first-order chi connectivity index (χ1) is 11.2. The monoisotopic (exact) mass is 337 g/mol. The summed E-state index contributed by atoms with van der Waals surface area (Å²) in [5.74, 6) is -0.382. The quantitative estimate of drug-likeness (QED) is 0.850. The molecule has 1 aliphatic rings.